The molecule has 2 rings (SSSR count). The summed E-state index contributed by atoms with van der Waals surface area (Å²) in [5.74, 6) is 0. The van der Waals surface area contributed by atoms with Crippen LogP contribution in [0.2, 0.25) is 0 Å². The van der Waals surface area contributed by atoms with Crippen LogP contribution in [0.4, 0.5) is 0 Å². The molecular formula is C12H23NO3. The molecular weight excluding hydrogens is 206 g/mol. The van der Waals surface area contributed by atoms with Gasteiger partial charge in [0, 0.05) is 33.3 Å². The van der Waals surface area contributed by atoms with Gasteiger partial charge in [-0.2, -0.15) is 0 Å². The summed E-state index contributed by atoms with van der Waals surface area (Å²) in [7, 11) is 1.77. The molecule has 2 saturated heterocycles. The first-order valence-electron chi connectivity index (χ1n) is 6.30. The Morgan fingerprint density at radius 1 is 1.44 bits per heavy atom. The SMILES string of the molecule is COC1(CNCCC2CCCO2)CCOC1. The monoisotopic (exact) mass is 229 g/mol. The summed E-state index contributed by atoms with van der Waals surface area (Å²) in [4.78, 5) is 0. The van der Waals surface area contributed by atoms with E-state index < -0.39 is 0 Å². The summed E-state index contributed by atoms with van der Waals surface area (Å²) in [5.41, 5.74) is -0.0868. The second kappa shape index (κ2) is 5.96. The van der Waals surface area contributed by atoms with Crippen LogP contribution in [-0.4, -0.2) is 51.7 Å². The van der Waals surface area contributed by atoms with Gasteiger partial charge in [0.15, 0.2) is 0 Å². The van der Waals surface area contributed by atoms with Crippen LogP contribution in [0.5, 0.6) is 0 Å². The second-order valence-corrected chi connectivity index (χ2v) is 4.79. The average Bonchev–Trinajstić information content (AvgIpc) is 2.97. The third-order valence-corrected chi connectivity index (χ3v) is 3.61. The Balaban J connectivity index is 1.59. The Kier molecular flexibility index (Phi) is 4.58. The Morgan fingerprint density at radius 3 is 3.00 bits per heavy atom. The van der Waals surface area contributed by atoms with Crippen LogP contribution in [0.25, 0.3) is 0 Å². The van der Waals surface area contributed by atoms with E-state index in [0.29, 0.717) is 6.10 Å². The zero-order valence-electron chi connectivity index (χ0n) is 10.2. The minimum atomic E-state index is -0.0868. The van der Waals surface area contributed by atoms with Crippen LogP contribution in [-0.2, 0) is 14.2 Å². The quantitative estimate of drug-likeness (QED) is 0.688. The molecule has 4 nitrogen and oxygen atoms in total. The lowest BCUT2D eigenvalue weighted by Gasteiger charge is -2.26. The first-order chi connectivity index (χ1) is 7.85. The average molecular weight is 229 g/mol. The van der Waals surface area contributed by atoms with Gasteiger partial charge in [-0.25, -0.2) is 0 Å². The Hall–Kier alpha value is -0.160. The fraction of sp³-hybridized carbons (Fsp3) is 1.00. The molecule has 2 aliphatic rings. The largest absolute Gasteiger partial charge is 0.378 e. The molecule has 2 heterocycles. The summed E-state index contributed by atoms with van der Waals surface area (Å²) in [6.07, 6.45) is 5.03. The van der Waals surface area contributed by atoms with E-state index in [2.05, 4.69) is 5.32 Å². The molecule has 0 bridgehead atoms. The van der Waals surface area contributed by atoms with Crippen molar-refractivity contribution in [1.29, 1.82) is 0 Å². The maximum Gasteiger partial charge on any atom is 0.106 e. The molecule has 2 fully saturated rings. The molecule has 0 aromatic carbocycles. The van der Waals surface area contributed by atoms with Gasteiger partial charge < -0.3 is 19.5 Å². The number of ether oxygens (including phenoxy) is 3. The van der Waals surface area contributed by atoms with Gasteiger partial charge in [-0.1, -0.05) is 0 Å². The molecule has 0 aliphatic carbocycles. The summed E-state index contributed by atoms with van der Waals surface area (Å²) in [5, 5.41) is 3.46. The van der Waals surface area contributed by atoms with E-state index in [0.717, 1.165) is 45.8 Å². The third kappa shape index (κ3) is 3.17. The highest BCUT2D eigenvalue weighted by atomic mass is 16.5. The highest BCUT2D eigenvalue weighted by Crippen LogP contribution is 2.21. The molecule has 0 saturated carbocycles. The van der Waals surface area contributed by atoms with E-state index in [1.54, 1.807) is 7.11 Å². The van der Waals surface area contributed by atoms with Crippen LogP contribution >= 0.6 is 0 Å². The van der Waals surface area contributed by atoms with Crippen molar-refractivity contribution in [2.24, 2.45) is 0 Å². The standard InChI is InChI=1S/C12H23NO3/c1-14-12(5-8-15-10-12)9-13-6-4-11-3-2-7-16-11/h11,13H,2-10H2,1H3. The molecule has 0 radical (unpaired) electrons. The van der Waals surface area contributed by atoms with Gasteiger partial charge in [0.05, 0.1) is 12.7 Å². The number of hydrogen-bond acceptors (Lipinski definition) is 4. The van der Waals surface area contributed by atoms with E-state index >= 15 is 0 Å². The normalized spacial score (nSPS) is 34.7. The van der Waals surface area contributed by atoms with Crippen molar-refractivity contribution in [2.75, 3.05) is 40.0 Å². The van der Waals surface area contributed by atoms with Crippen molar-refractivity contribution in [2.45, 2.75) is 37.4 Å². The topological polar surface area (TPSA) is 39.7 Å². The van der Waals surface area contributed by atoms with Crippen molar-refractivity contribution in [1.82, 2.24) is 5.32 Å². The Labute approximate surface area is 97.6 Å². The number of methoxy groups -OCH3 is 1. The van der Waals surface area contributed by atoms with Crippen molar-refractivity contribution in [3.05, 3.63) is 0 Å². The van der Waals surface area contributed by atoms with Gasteiger partial charge in [0.25, 0.3) is 0 Å². The van der Waals surface area contributed by atoms with Gasteiger partial charge in [0.2, 0.25) is 0 Å². The van der Waals surface area contributed by atoms with E-state index in [4.69, 9.17) is 14.2 Å². The van der Waals surface area contributed by atoms with E-state index in [-0.39, 0.29) is 5.60 Å². The lowest BCUT2D eigenvalue weighted by molar-refractivity contribution is -0.0162. The van der Waals surface area contributed by atoms with Crippen LogP contribution in [0.1, 0.15) is 25.7 Å². The first-order valence-corrected chi connectivity index (χ1v) is 6.30. The van der Waals surface area contributed by atoms with E-state index in [1.165, 1.54) is 12.8 Å². The molecule has 0 spiro atoms. The first kappa shape index (κ1) is 12.3. The molecule has 94 valence electrons. The minimum Gasteiger partial charge on any atom is -0.378 e. The Bertz CT molecular complexity index is 198. The summed E-state index contributed by atoms with van der Waals surface area (Å²) in [6, 6.07) is 0. The molecule has 0 aromatic rings. The minimum absolute atomic E-state index is 0.0868. The lowest BCUT2D eigenvalue weighted by atomic mass is 10.0. The smallest absolute Gasteiger partial charge is 0.106 e. The fourth-order valence-corrected chi connectivity index (χ4v) is 2.41. The lowest BCUT2D eigenvalue weighted by Crippen LogP contribution is -2.43. The summed E-state index contributed by atoms with van der Waals surface area (Å²) >= 11 is 0. The highest BCUT2D eigenvalue weighted by Gasteiger charge is 2.34. The maximum atomic E-state index is 5.58. The summed E-state index contributed by atoms with van der Waals surface area (Å²) in [6.45, 7) is 4.38. The van der Waals surface area contributed by atoms with Crippen molar-refractivity contribution >= 4 is 0 Å². The molecule has 4 heteroatoms. The fourth-order valence-electron chi connectivity index (χ4n) is 2.41. The van der Waals surface area contributed by atoms with Crippen LogP contribution < -0.4 is 5.32 Å². The van der Waals surface area contributed by atoms with Gasteiger partial charge in [-0.15, -0.1) is 0 Å². The van der Waals surface area contributed by atoms with Gasteiger partial charge in [-0.3, -0.25) is 0 Å². The predicted octanol–water partition coefficient (Wildman–Crippen LogP) is 0.951. The van der Waals surface area contributed by atoms with E-state index in [1.807, 2.05) is 0 Å². The molecule has 0 amide bonds. The third-order valence-electron chi connectivity index (χ3n) is 3.61. The van der Waals surface area contributed by atoms with Crippen LogP contribution in [0.15, 0.2) is 0 Å². The predicted molar refractivity (Wildman–Crippen MR) is 61.6 cm³/mol. The molecule has 2 aliphatic heterocycles. The van der Waals surface area contributed by atoms with Crippen molar-refractivity contribution in [3.63, 3.8) is 0 Å². The zero-order valence-corrected chi connectivity index (χ0v) is 10.2. The number of hydrogen-bond donors (Lipinski definition) is 1. The summed E-state index contributed by atoms with van der Waals surface area (Å²) < 4.78 is 16.5. The molecule has 2 unspecified atom stereocenters. The Morgan fingerprint density at radius 2 is 2.38 bits per heavy atom. The zero-order chi connectivity index (χ0) is 11.3. The van der Waals surface area contributed by atoms with Gasteiger partial charge in [-0.05, 0) is 25.8 Å². The highest BCUT2D eigenvalue weighted by molar-refractivity contribution is 4.87. The molecule has 2 atom stereocenters. The maximum absolute atomic E-state index is 5.58. The van der Waals surface area contributed by atoms with Crippen LogP contribution in [0.3, 0.4) is 0 Å². The molecule has 1 N–H and O–H groups in total. The van der Waals surface area contributed by atoms with Crippen molar-refractivity contribution in [3.8, 4) is 0 Å². The van der Waals surface area contributed by atoms with Gasteiger partial charge >= 0.3 is 0 Å². The van der Waals surface area contributed by atoms with Crippen LogP contribution in [0, 0.1) is 0 Å². The van der Waals surface area contributed by atoms with Gasteiger partial charge in [0.1, 0.15) is 5.60 Å². The number of rotatable bonds is 6. The second-order valence-electron chi connectivity index (χ2n) is 4.79. The van der Waals surface area contributed by atoms with Crippen molar-refractivity contribution < 1.29 is 14.2 Å². The molecule has 16 heavy (non-hydrogen) atoms. The molecule has 0 aromatic heterocycles. The van der Waals surface area contributed by atoms with E-state index in [9.17, 15) is 0 Å². The number of nitrogens with one attached hydrogen (secondary N) is 1.